The molecule has 0 heterocycles. The number of rotatable bonds is 24. The third kappa shape index (κ3) is 15.4. The van der Waals surface area contributed by atoms with Crippen LogP contribution in [0.5, 0.6) is 11.5 Å². The van der Waals surface area contributed by atoms with E-state index in [0.29, 0.717) is 13.2 Å². The van der Waals surface area contributed by atoms with Gasteiger partial charge in [0.2, 0.25) is 0 Å². The van der Waals surface area contributed by atoms with E-state index < -0.39 is 0 Å². The predicted octanol–water partition coefficient (Wildman–Crippen LogP) is 15.8. The van der Waals surface area contributed by atoms with Crippen molar-refractivity contribution >= 4 is 48.6 Å². The molecule has 5 aromatic carbocycles. The highest BCUT2D eigenvalue weighted by Crippen LogP contribution is 2.33. The number of benzene rings is 5. The van der Waals surface area contributed by atoms with E-state index in [1.54, 1.807) is 0 Å². The van der Waals surface area contributed by atoms with Crippen LogP contribution < -0.4 is 9.47 Å². The lowest BCUT2D eigenvalue weighted by Gasteiger charge is -2.16. The first-order valence-electron chi connectivity index (χ1n) is 21.2. The second-order valence-corrected chi connectivity index (χ2v) is 14.7. The third-order valence-corrected chi connectivity index (χ3v) is 9.92. The van der Waals surface area contributed by atoms with Crippen LogP contribution in [0.25, 0.3) is 48.6 Å². The first kappa shape index (κ1) is 41.8. The molecule has 0 aliphatic rings. The van der Waals surface area contributed by atoms with Crippen LogP contribution in [0.3, 0.4) is 0 Å². The Hall–Kier alpha value is -5.34. The molecule has 2 nitrogen and oxygen atoms in total. The van der Waals surface area contributed by atoms with Crippen LogP contribution >= 0.6 is 0 Å². The van der Waals surface area contributed by atoms with Gasteiger partial charge in [0.1, 0.15) is 11.5 Å². The van der Waals surface area contributed by atoms with Crippen LogP contribution in [0.4, 0.5) is 0 Å². The van der Waals surface area contributed by atoms with Crippen molar-refractivity contribution in [1.82, 2.24) is 0 Å². The highest BCUT2D eigenvalue weighted by atomic mass is 16.5. The summed E-state index contributed by atoms with van der Waals surface area (Å²) >= 11 is 0. The van der Waals surface area contributed by atoms with E-state index in [-0.39, 0.29) is 0 Å². The number of unbranched alkanes of at least 4 members (excludes halogenated alkanes) is 10. The zero-order chi connectivity index (χ0) is 38.9. The summed E-state index contributed by atoms with van der Waals surface area (Å²) in [6.07, 6.45) is 32.1. The van der Waals surface area contributed by atoms with Gasteiger partial charge < -0.3 is 9.47 Å². The first-order chi connectivity index (χ1) is 27.7. The van der Waals surface area contributed by atoms with Crippen LogP contribution in [-0.4, -0.2) is 13.2 Å². The molecule has 2 heteroatoms. The molecule has 0 unspecified atom stereocenters. The summed E-state index contributed by atoms with van der Waals surface area (Å²) in [5, 5.41) is 0. The van der Waals surface area contributed by atoms with Crippen molar-refractivity contribution in [1.29, 1.82) is 0 Å². The Morgan fingerprint density at radius 3 is 1.04 bits per heavy atom. The summed E-state index contributed by atoms with van der Waals surface area (Å²) in [5.74, 6) is 1.78. The molecule has 0 fully saturated rings. The number of hydrogen-bond donors (Lipinski definition) is 0. The quantitative estimate of drug-likeness (QED) is 0.0463. The molecule has 0 radical (unpaired) electrons. The van der Waals surface area contributed by atoms with E-state index in [9.17, 15) is 0 Å². The van der Waals surface area contributed by atoms with Gasteiger partial charge in [-0.3, -0.25) is 0 Å². The summed E-state index contributed by atoms with van der Waals surface area (Å²) in [6.45, 7) is 5.93. The standard InChI is InChI=1S/C54H62O2/c1-3-5-7-9-11-19-39-55-53-43-52(38-36-50-30-22-28-48(42-50)34-32-46-25-17-14-18-26-46)54(56-40-20-12-10-8-6-4-2)44-51(53)37-35-49-29-21-27-47(41-49)33-31-45-23-15-13-16-24-45/h13-18,21-38,41-44H,3-12,19-20,39-40H2,1-2H3/b33-31+,34-32+,37-35+,38-36+. The highest BCUT2D eigenvalue weighted by molar-refractivity contribution is 5.80. The minimum Gasteiger partial charge on any atom is -0.493 e. The lowest BCUT2D eigenvalue weighted by molar-refractivity contribution is 0.295. The van der Waals surface area contributed by atoms with Gasteiger partial charge in [-0.1, -0.05) is 224 Å². The van der Waals surface area contributed by atoms with Crippen molar-refractivity contribution in [2.24, 2.45) is 0 Å². The molecule has 5 aromatic rings. The largest absolute Gasteiger partial charge is 0.493 e. The van der Waals surface area contributed by atoms with E-state index in [1.165, 1.54) is 86.5 Å². The van der Waals surface area contributed by atoms with E-state index in [1.807, 2.05) is 12.1 Å². The highest BCUT2D eigenvalue weighted by Gasteiger charge is 2.11. The summed E-state index contributed by atoms with van der Waals surface area (Å²) < 4.78 is 13.2. The summed E-state index contributed by atoms with van der Waals surface area (Å²) in [4.78, 5) is 0. The van der Waals surface area contributed by atoms with Gasteiger partial charge in [0.05, 0.1) is 13.2 Å². The molecule has 0 atom stereocenters. The first-order valence-corrected chi connectivity index (χ1v) is 21.2. The number of ether oxygens (including phenoxy) is 2. The van der Waals surface area contributed by atoms with Crippen molar-refractivity contribution < 1.29 is 9.47 Å². The molecule has 0 N–H and O–H groups in total. The van der Waals surface area contributed by atoms with E-state index in [0.717, 1.165) is 46.6 Å². The fraction of sp³-hybridized carbons (Fsp3) is 0.296. The smallest absolute Gasteiger partial charge is 0.127 e. The maximum absolute atomic E-state index is 6.60. The molecule has 0 aliphatic carbocycles. The van der Waals surface area contributed by atoms with Gasteiger partial charge in [0.15, 0.2) is 0 Å². The zero-order valence-electron chi connectivity index (χ0n) is 33.9. The van der Waals surface area contributed by atoms with Crippen molar-refractivity contribution in [2.45, 2.75) is 90.9 Å². The van der Waals surface area contributed by atoms with Crippen LogP contribution in [-0.2, 0) is 0 Å². The average molecular weight is 743 g/mol. The van der Waals surface area contributed by atoms with Gasteiger partial charge in [-0.25, -0.2) is 0 Å². The zero-order valence-corrected chi connectivity index (χ0v) is 33.9. The minimum atomic E-state index is 0.698. The molecule has 0 bridgehead atoms. The van der Waals surface area contributed by atoms with Gasteiger partial charge in [0, 0.05) is 11.1 Å². The topological polar surface area (TPSA) is 18.5 Å². The second-order valence-electron chi connectivity index (χ2n) is 14.7. The second kappa shape index (κ2) is 24.9. The minimum absolute atomic E-state index is 0.698. The predicted molar refractivity (Wildman–Crippen MR) is 246 cm³/mol. The SMILES string of the molecule is CCCCCCCCOc1cc(/C=C/c2cccc(/C=C/c3ccccc3)c2)c(OCCCCCCCC)cc1/C=C/c1cccc(/C=C/c2ccccc2)c1. The Kier molecular flexibility index (Phi) is 18.6. The van der Waals surface area contributed by atoms with Gasteiger partial charge >= 0.3 is 0 Å². The van der Waals surface area contributed by atoms with Crippen LogP contribution in [0.15, 0.2) is 121 Å². The number of hydrogen-bond acceptors (Lipinski definition) is 2. The molecule has 0 aliphatic heterocycles. The molecule has 290 valence electrons. The molecule has 0 saturated heterocycles. The van der Waals surface area contributed by atoms with Gasteiger partial charge in [-0.05, 0) is 70.5 Å². The van der Waals surface area contributed by atoms with Crippen molar-refractivity contribution in [3.05, 3.63) is 166 Å². The maximum Gasteiger partial charge on any atom is 0.127 e. The summed E-state index contributed by atoms with van der Waals surface area (Å²) in [6, 6.07) is 42.5. The van der Waals surface area contributed by atoms with E-state index >= 15 is 0 Å². The van der Waals surface area contributed by atoms with E-state index in [2.05, 4.69) is 172 Å². The third-order valence-electron chi connectivity index (χ3n) is 9.92. The lowest BCUT2D eigenvalue weighted by Crippen LogP contribution is -2.03. The molecule has 0 amide bonds. The molecular formula is C54H62O2. The normalized spacial score (nSPS) is 11.8. The molecule has 0 spiro atoms. The summed E-state index contributed by atoms with van der Waals surface area (Å²) in [5.41, 5.74) is 9.06. The molecular weight excluding hydrogens is 681 g/mol. The average Bonchev–Trinajstić information content (AvgIpc) is 3.24. The fourth-order valence-electron chi connectivity index (χ4n) is 6.65. The Morgan fingerprint density at radius 2 is 0.643 bits per heavy atom. The van der Waals surface area contributed by atoms with Gasteiger partial charge in [0.25, 0.3) is 0 Å². The molecule has 0 saturated carbocycles. The van der Waals surface area contributed by atoms with Crippen LogP contribution in [0.1, 0.15) is 135 Å². The Morgan fingerprint density at radius 1 is 0.321 bits per heavy atom. The van der Waals surface area contributed by atoms with Crippen molar-refractivity contribution in [3.63, 3.8) is 0 Å². The van der Waals surface area contributed by atoms with Crippen LogP contribution in [0, 0.1) is 0 Å². The molecule has 0 aromatic heterocycles. The lowest BCUT2D eigenvalue weighted by atomic mass is 10.0. The molecule has 56 heavy (non-hydrogen) atoms. The Bertz CT molecular complexity index is 1820. The fourth-order valence-corrected chi connectivity index (χ4v) is 6.65. The van der Waals surface area contributed by atoms with Gasteiger partial charge in [-0.15, -0.1) is 0 Å². The Labute approximate surface area is 338 Å². The van der Waals surface area contributed by atoms with Crippen molar-refractivity contribution in [2.75, 3.05) is 13.2 Å². The molecule has 5 rings (SSSR count). The summed E-state index contributed by atoms with van der Waals surface area (Å²) in [7, 11) is 0. The Balaban J connectivity index is 1.41. The van der Waals surface area contributed by atoms with E-state index in [4.69, 9.17) is 9.47 Å². The van der Waals surface area contributed by atoms with Gasteiger partial charge in [-0.2, -0.15) is 0 Å². The maximum atomic E-state index is 6.60. The van der Waals surface area contributed by atoms with Crippen LogP contribution in [0.2, 0.25) is 0 Å². The van der Waals surface area contributed by atoms with Crippen molar-refractivity contribution in [3.8, 4) is 11.5 Å². The monoisotopic (exact) mass is 742 g/mol.